The number of benzene rings is 1. The molecule has 106 valence electrons. The lowest BCUT2D eigenvalue weighted by Gasteiger charge is -2.45. The summed E-state index contributed by atoms with van der Waals surface area (Å²) >= 11 is 0. The van der Waals surface area contributed by atoms with Gasteiger partial charge in [-0.1, -0.05) is 44.2 Å². The van der Waals surface area contributed by atoms with Gasteiger partial charge in [0.25, 0.3) is 0 Å². The molecule has 0 bridgehead atoms. The van der Waals surface area contributed by atoms with Crippen molar-refractivity contribution in [3.63, 3.8) is 0 Å². The lowest BCUT2D eigenvalue weighted by atomic mass is 9.73. The second kappa shape index (κ2) is 7.06. The number of nitrogens with two attached hydrogens (primary N) is 1. The van der Waals surface area contributed by atoms with Crippen molar-refractivity contribution in [2.75, 3.05) is 13.1 Å². The van der Waals surface area contributed by atoms with Crippen molar-refractivity contribution in [2.24, 2.45) is 17.6 Å². The molecule has 2 rings (SSSR count). The predicted octanol–water partition coefficient (Wildman–Crippen LogP) is 3.27. The predicted molar refractivity (Wildman–Crippen MR) is 81.9 cm³/mol. The van der Waals surface area contributed by atoms with Crippen molar-refractivity contribution < 1.29 is 0 Å². The molecule has 0 amide bonds. The summed E-state index contributed by atoms with van der Waals surface area (Å²) in [4.78, 5) is 2.64. The molecular weight excluding hydrogens is 232 g/mol. The molecule has 2 N–H and O–H groups in total. The number of rotatable bonds is 7. The Morgan fingerprint density at radius 1 is 1.21 bits per heavy atom. The molecule has 0 spiro atoms. The van der Waals surface area contributed by atoms with Crippen LogP contribution >= 0.6 is 0 Å². The van der Waals surface area contributed by atoms with E-state index in [0.29, 0.717) is 0 Å². The van der Waals surface area contributed by atoms with Crippen molar-refractivity contribution >= 4 is 0 Å². The van der Waals surface area contributed by atoms with Gasteiger partial charge in [0.15, 0.2) is 0 Å². The van der Waals surface area contributed by atoms with Crippen LogP contribution in [0.1, 0.15) is 38.7 Å². The number of nitrogens with zero attached hydrogens (tertiary/aromatic N) is 1. The van der Waals surface area contributed by atoms with Crippen LogP contribution in [0, 0.1) is 11.8 Å². The highest BCUT2D eigenvalue weighted by Gasteiger charge is 2.34. The monoisotopic (exact) mass is 260 g/mol. The summed E-state index contributed by atoms with van der Waals surface area (Å²) in [6, 6.07) is 11.6. The van der Waals surface area contributed by atoms with Crippen LogP contribution in [0.25, 0.3) is 0 Å². The molecule has 0 heterocycles. The lowest BCUT2D eigenvalue weighted by Crippen LogP contribution is -2.46. The third-order valence-electron chi connectivity index (χ3n) is 4.49. The van der Waals surface area contributed by atoms with Crippen LogP contribution in [0.15, 0.2) is 30.3 Å². The molecule has 1 aromatic rings. The molecule has 1 aromatic carbocycles. The molecule has 0 atom stereocenters. The summed E-state index contributed by atoms with van der Waals surface area (Å²) in [6.45, 7) is 7.72. The van der Waals surface area contributed by atoms with Gasteiger partial charge >= 0.3 is 0 Å². The van der Waals surface area contributed by atoms with E-state index >= 15 is 0 Å². The van der Waals surface area contributed by atoms with E-state index in [9.17, 15) is 0 Å². The Hall–Kier alpha value is -0.860. The molecule has 1 fully saturated rings. The second-order valence-corrected chi connectivity index (χ2v) is 6.23. The molecule has 1 saturated carbocycles. The van der Waals surface area contributed by atoms with Crippen LogP contribution in [0.2, 0.25) is 0 Å². The van der Waals surface area contributed by atoms with E-state index < -0.39 is 0 Å². The van der Waals surface area contributed by atoms with Gasteiger partial charge in [-0.25, -0.2) is 0 Å². The maximum absolute atomic E-state index is 5.68. The van der Waals surface area contributed by atoms with E-state index in [0.717, 1.165) is 43.9 Å². The van der Waals surface area contributed by atoms with E-state index in [1.165, 1.54) is 18.4 Å². The Kier molecular flexibility index (Phi) is 5.41. The van der Waals surface area contributed by atoms with E-state index in [-0.39, 0.29) is 0 Å². The summed E-state index contributed by atoms with van der Waals surface area (Å²) < 4.78 is 0. The maximum Gasteiger partial charge on any atom is 0.0236 e. The molecule has 0 saturated heterocycles. The van der Waals surface area contributed by atoms with E-state index in [1.54, 1.807) is 0 Å². The Morgan fingerprint density at radius 2 is 1.89 bits per heavy atom. The summed E-state index contributed by atoms with van der Waals surface area (Å²) in [5.74, 6) is 1.77. The topological polar surface area (TPSA) is 29.3 Å². The van der Waals surface area contributed by atoms with E-state index in [2.05, 4.69) is 49.1 Å². The van der Waals surface area contributed by atoms with Gasteiger partial charge < -0.3 is 5.73 Å². The smallest absolute Gasteiger partial charge is 0.0236 e. The average molecular weight is 260 g/mol. The van der Waals surface area contributed by atoms with Gasteiger partial charge in [0.1, 0.15) is 0 Å². The fourth-order valence-corrected chi connectivity index (χ4v) is 2.98. The first-order chi connectivity index (χ1) is 9.20. The minimum absolute atomic E-state index is 0.777. The summed E-state index contributed by atoms with van der Waals surface area (Å²) in [6.07, 6.45) is 3.85. The quantitative estimate of drug-likeness (QED) is 0.815. The zero-order chi connectivity index (χ0) is 13.7. The fourth-order valence-electron chi connectivity index (χ4n) is 2.98. The van der Waals surface area contributed by atoms with Crippen LogP contribution in [0.5, 0.6) is 0 Å². The van der Waals surface area contributed by atoms with Crippen molar-refractivity contribution in [3.05, 3.63) is 35.9 Å². The second-order valence-electron chi connectivity index (χ2n) is 6.23. The molecule has 0 aliphatic heterocycles. The van der Waals surface area contributed by atoms with Crippen molar-refractivity contribution in [1.82, 2.24) is 4.90 Å². The highest BCUT2D eigenvalue weighted by Crippen LogP contribution is 2.37. The summed E-state index contributed by atoms with van der Waals surface area (Å²) in [5.41, 5.74) is 7.10. The van der Waals surface area contributed by atoms with Crippen molar-refractivity contribution in [2.45, 2.75) is 45.7 Å². The van der Waals surface area contributed by atoms with Gasteiger partial charge in [0, 0.05) is 12.6 Å². The minimum atomic E-state index is 0.777. The lowest BCUT2D eigenvalue weighted by molar-refractivity contribution is 0.0494. The highest BCUT2D eigenvalue weighted by atomic mass is 15.2. The molecule has 2 nitrogen and oxygen atoms in total. The normalized spacial score (nSPS) is 22.8. The van der Waals surface area contributed by atoms with Crippen LogP contribution in [-0.2, 0) is 6.54 Å². The largest absolute Gasteiger partial charge is 0.330 e. The first-order valence-corrected chi connectivity index (χ1v) is 7.68. The Bertz CT molecular complexity index is 355. The first-order valence-electron chi connectivity index (χ1n) is 7.68. The average Bonchev–Trinajstić information content (AvgIpc) is 2.34. The molecule has 19 heavy (non-hydrogen) atoms. The van der Waals surface area contributed by atoms with Gasteiger partial charge in [-0.3, -0.25) is 4.90 Å². The minimum Gasteiger partial charge on any atom is -0.330 e. The van der Waals surface area contributed by atoms with E-state index in [4.69, 9.17) is 5.73 Å². The van der Waals surface area contributed by atoms with Crippen molar-refractivity contribution in [3.8, 4) is 0 Å². The Balaban J connectivity index is 1.90. The van der Waals surface area contributed by atoms with Gasteiger partial charge in [-0.05, 0) is 49.8 Å². The van der Waals surface area contributed by atoms with Crippen LogP contribution in [0.3, 0.4) is 0 Å². The first kappa shape index (κ1) is 14.5. The standard InChI is InChI=1S/C17H28N2/c1-14(2)16-11-17(12-16)19(10-6-9-18)13-15-7-4-3-5-8-15/h3-5,7-8,14,16-17H,6,9-13,18H2,1-2H3. The third kappa shape index (κ3) is 4.05. The number of hydrogen-bond acceptors (Lipinski definition) is 2. The molecule has 0 unspecified atom stereocenters. The van der Waals surface area contributed by atoms with Gasteiger partial charge in [0.05, 0.1) is 0 Å². The fraction of sp³-hybridized carbons (Fsp3) is 0.647. The van der Waals surface area contributed by atoms with Gasteiger partial charge in [-0.2, -0.15) is 0 Å². The zero-order valence-corrected chi connectivity index (χ0v) is 12.4. The molecule has 2 heteroatoms. The Morgan fingerprint density at radius 3 is 2.47 bits per heavy atom. The van der Waals surface area contributed by atoms with Crippen LogP contribution in [-0.4, -0.2) is 24.0 Å². The highest BCUT2D eigenvalue weighted by molar-refractivity contribution is 5.14. The SMILES string of the molecule is CC(C)C1CC(N(CCCN)Cc2ccccc2)C1. The summed E-state index contributed by atoms with van der Waals surface area (Å²) in [7, 11) is 0. The zero-order valence-electron chi connectivity index (χ0n) is 12.4. The van der Waals surface area contributed by atoms with Crippen molar-refractivity contribution in [1.29, 1.82) is 0 Å². The molecular formula is C17H28N2. The molecule has 0 aromatic heterocycles. The van der Waals surface area contributed by atoms with E-state index in [1.807, 2.05) is 0 Å². The summed E-state index contributed by atoms with van der Waals surface area (Å²) in [5, 5.41) is 0. The molecule has 1 aliphatic rings. The van der Waals surface area contributed by atoms with Gasteiger partial charge in [-0.15, -0.1) is 0 Å². The Labute approximate surface area is 118 Å². The van der Waals surface area contributed by atoms with Crippen LogP contribution < -0.4 is 5.73 Å². The van der Waals surface area contributed by atoms with Gasteiger partial charge in [0.2, 0.25) is 0 Å². The molecule has 1 aliphatic carbocycles. The number of hydrogen-bond donors (Lipinski definition) is 1. The molecule has 0 radical (unpaired) electrons. The maximum atomic E-state index is 5.68. The van der Waals surface area contributed by atoms with Crippen LogP contribution in [0.4, 0.5) is 0 Å². The third-order valence-corrected chi connectivity index (χ3v) is 4.49.